The number of benzene rings is 6. The van der Waals surface area contributed by atoms with Gasteiger partial charge in [0.2, 0.25) is 0 Å². The quantitative estimate of drug-likeness (QED) is 0.178. The maximum Gasteiger partial charge on any atom is 0.164 e. The number of nitrogens with zero attached hydrogens (tertiary/aromatic N) is 6. The van der Waals surface area contributed by atoms with Crippen LogP contribution in [0.3, 0.4) is 0 Å². The van der Waals surface area contributed by atoms with Crippen LogP contribution in [0.2, 0.25) is 0 Å². The fourth-order valence-corrected chi connectivity index (χ4v) is 9.09. The summed E-state index contributed by atoms with van der Waals surface area (Å²) in [4.78, 5) is 25.3. The molecule has 0 saturated carbocycles. The first-order valence-electron chi connectivity index (χ1n) is 16.7. The Morgan fingerprint density at radius 2 is 1.08 bits per heavy atom. The molecule has 0 bridgehead atoms. The molecular formula is C44H24N6S2. The molecule has 4 heterocycles. The molecule has 0 aliphatic rings. The Labute approximate surface area is 306 Å². The number of hydrogen-bond donors (Lipinski definition) is 0. The van der Waals surface area contributed by atoms with Crippen molar-refractivity contribution in [1.82, 2.24) is 24.9 Å². The van der Waals surface area contributed by atoms with Crippen molar-refractivity contribution in [2.24, 2.45) is 0 Å². The van der Waals surface area contributed by atoms with Crippen LogP contribution in [-0.2, 0) is 0 Å². The second-order valence-electron chi connectivity index (χ2n) is 12.4. The molecule has 4 aromatic heterocycles. The molecule has 0 aliphatic carbocycles. The van der Waals surface area contributed by atoms with Crippen LogP contribution < -0.4 is 0 Å². The summed E-state index contributed by atoms with van der Waals surface area (Å²) in [5.41, 5.74) is 6.78. The largest absolute Gasteiger partial charge is 0.226 e. The smallest absolute Gasteiger partial charge is 0.164 e. The minimum atomic E-state index is 0.586. The van der Waals surface area contributed by atoms with Gasteiger partial charge >= 0.3 is 0 Å². The lowest BCUT2D eigenvalue weighted by Crippen LogP contribution is -2.00. The highest BCUT2D eigenvalue weighted by Gasteiger charge is 2.20. The van der Waals surface area contributed by atoms with Crippen molar-refractivity contribution in [2.75, 3.05) is 0 Å². The average Bonchev–Trinajstić information content (AvgIpc) is 3.79. The fraction of sp³-hybridized carbons (Fsp3) is 0. The molecule has 0 atom stereocenters. The molecule has 242 valence electrons. The summed E-state index contributed by atoms with van der Waals surface area (Å²) < 4.78 is 4.36. The van der Waals surface area contributed by atoms with Gasteiger partial charge in [0.05, 0.1) is 27.5 Å². The first-order chi connectivity index (χ1) is 25.7. The molecule has 0 radical (unpaired) electrons. The van der Waals surface area contributed by atoms with E-state index in [1.54, 1.807) is 22.7 Å². The van der Waals surface area contributed by atoms with Gasteiger partial charge in [0.15, 0.2) is 23.3 Å². The second-order valence-corrected chi connectivity index (χ2v) is 14.5. The lowest BCUT2D eigenvalue weighted by molar-refractivity contribution is 1.08. The van der Waals surface area contributed by atoms with Gasteiger partial charge < -0.3 is 0 Å². The highest BCUT2D eigenvalue weighted by atomic mass is 32.1. The molecule has 0 amide bonds. The Hall–Kier alpha value is -6.66. The van der Waals surface area contributed by atoms with Crippen LogP contribution in [-0.4, -0.2) is 24.9 Å². The lowest BCUT2D eigenvalue weighted by atomic mass is 10.0. The molecule has 6 aromatic carbocycles. The zero-order valence-electron chi connectivity index (χ0n) is 27.4. The summed E-state index contributed by atoms with van der Waals surface area (Å²) >= 11 is 3.39. The zero-order valence-corrected chi connectivity index (χ0v) is 29.0. The van der Waals surface area contributed by atoms with Crippen molar-refractivity contribution < 1.29 is 0 Å². The fourth-order valence-electron chi connectivity index (χ4n) is 6.77. The van der Waals surface area contributed by atoms with E-state index < -0.39 is 0 Å². The molecule has 10 rings (SSSR count). The molecule has 0 N–H and O–H groups in total. The first-order valence-corrected chi connectivity index (χ1v) is 18.4. The van der Waals surface area contributed by atoms with Gasteiger partial charge in [0.25, 0.3) is 0 Å². The van der Waals surface area contributed by atoms with E-state index in [-0.39, 0.29) is 0 Å². The third kappa shape index (κ3) is 5.03. The number of thiophene rings is 2. The van der Waals surface area contributed by atoms with Crippen molar-refractivity contribution in [3.05, 3.63) is 151 Å². The number of rotatable bonds is 5. The Kier molecular flexibility index (Phi) is 7.13. The highest BCUT2D eigenvalue weighted by Crippen LogP contribution is 2.43. The maximum absolute atomic E-state index is 10.0. The maximum atomic E-state index is 10.0. The van der Waals surface area contributed by atoms with E-state index in [4.69, 9.17) is 24.9 Å². The Morgan fingerprint density at radius 3 is 1.85 bits per heavy atom. The van der Waals surface area contributed by atoms with Gasteiger partial charge in [0.1, 0.15) is 0 Å². The van der Waals surface area contributed by atoms with Gasteiger partial charge in [-0.3, -0.25) is 0 Å². The SMILES string of the molecule is N#Cc1ccccc1-c1nc(-c2ccc3c(c2)sc2cccc(-c4nc(-c5ccccc5)nc(-c5ccccc5)n4)c23)nc2c1sc1ccccc12. The van der Waals surface area contributed by atoms with Crippen LogP contribution in [0, 0.1) is 11.3 Å². The predicted octanol–water partition coefficient (Wildman–Crippen LogP) is 11.6. The molecule has 0 fully saturated rings. The van der Waals surface area contributed by atoms with Crippen LogP contribution in [0.15, 0.2) is 146 Å². The molecule has 52 heavy (non-hydrogen) atoms. The predicted molar refractivity (Wildman–Crippen MR) is 213 cm³/mol. The van der Waals surface area contributed by atoms with E-state index in [0.717, 1.165) is 74.0 Å². The molecule has 0 saturated heterocycles. The summed E-state index contributed by atoms with van der Waals surface area (Å²) in [5, 5.41) is 13.3. The molecule has 8 heteroatoms. The molecule has 6 nitrogen and oxygen atoms in total. The number of fused-ring (bicyclic) bond motifs is 6. The van der Waals surface area contributed by atoms with Crippen molar-refractivity contribution in [1.29, 1.82) is 5.26 Å². The van der Waals surface area contributed by atoms with Gasteiger partial charge in [-0.1, -0.05) is 121 Å². The minimum absolute atomic E-state index is 0.586. The van der Waals surface area contributed by atoms with E-state index in [0.29, 0.717) is 28.9 Å². The Morgan fingerprint density at radius 1 is 0.442 bits per heavy atom. The summed E-state index contributed by atoms with van der Waals surface area (Å²) in [6.45, 7) is 0. The summed E-state index contributed by atoms with van der Waals surface area (Å²) in [6, 6.07) is 51.2. The summed E-state index contributed by atoms with van der Waals surface area (Å²) in [5.74, 6) is 2.51. The van der Waals surface area contributed by atoms with Gasteiger partial charge in [-0.15, -0.1) is 22.7 Å². The Bertz CT molecular complexity index is 2980. The molecule has 0 unspecified atom stereocenters. The van der Waals surface area contributed by atoms with Crippen LogP contribution in [0.25, 0.3) is 97.3 Å². The zero-order chi connectivity index (χ0) is 34.6. The second kappa shape index (κ2) is 12.3. The standard InChI is InChI=1S/C44H24N6S2/c45-25-29-16-7-8-17-30(29)38-40-39(32-18-9-10-20-34(32)52-40)47-43(46-38)28-22-23-31-36(24-28)51-35-21-11-19-33(37(31)35)44-49-41(26-12-3-1-4-13-26)48-42(50-44)27-14-5-2-6-15-27/h1-24H. The number of aromatic nitrogens is 5. The normalized spacial score (nSPS) is 11.4. The highest BCUT2D eigenvalue weighted by molar-refractivity contribution is 7.26. The van der Waals surface area contributed by atoms with Gasteiger partial charge in [-0.05, 0) is 24.3 Å². The van der Waals surface area contributed by atoms with Gasteiger partial charge in [-0.25, -0.2) is 24.9 Å². The molecular weight excluding hydrogens is 677 g/mol. The van der Waals surface area contributed by atoms with E-state index in [1.807, 2.05) is 97.1 Å². The number of hydrogen-bond acceptors (Lipinski definition) is 8. The van der Waals surface area contributed by atoms with Crippen LogP contribution in [0.5, 0.6) is 0 Å². The molecule has 0 spiro atoms. The first kappa shape index (κ1) is 30.2. The summed E-state index contributed by atoms with van der Waals surface area (Å²) in [6.07, 6.45) is 0. The van der Waals surface area contributed by atoms with Crippen molar-refractivity contribution in [2.45, 2.75) is 0 Å². The van der Waals surface area contributed by atoms with Gasteiger partial charge in [-0.2, -0.15) is 5.26 Å². The van der Waals surface area contributed by atoms with Gasteiger partial charge in [0, 0.05) is 58.1 Å². The van der Waals surface area contributed by atoms with Crippen molar-refractivity contribution in [3.63, 3.8) is 0 Å². The molecule has 0 aliphatic heterocycles. The van der Waals surface area contributed by atoms with E-state index in [2.05, 4.69) is 54.6 Å². The third-order valence-electron chi connectivity index (χ3n) is 9.22. The van der Waals surface area contributed by atoms with Crippen LogP contribution >= 0.6 is 22.7 Å². The number of nitriles is 1. The van der Waals surface area contributed by atoms with Crippen molar-refractivity contribution >= 4 is 63.1 Å². The molecule has 10 aromatic rings. The topological polar surface area (TPSA) is 88.2 Å². The van der Waals surface area contributed by atoms with Crippen LogP contribution in [0.1, 0.15) is 5.56 Å². The van der Waals surface area contributed by atoms with Crippen LogP contribution in [0.4, 0.5) is 0 Å². The Balaban J connectivity index is 1.17. The summed E-state index contributed by atoms with van der Waals surface area (Å²) in [7, 11) is 0. The van der Waals surface area contributed by atoms with E-state index >= 15 is 0 Å². The lowest BCUT2D eigenvalue weighted by Gasteiger charge is -2.10. The monoisotopic (exact) mass is 700 g/mol. The minimum Gasteiger partial charge on any atom is -0.226 e. The van der Waals surface area contributed by atoms with E-state index in [1.165, 1.54) is 0 Å². The third-order valence-corrected chi connectivity index (χ3v) is 11.5. The van der Waals surface area contributed by atoms with Crippen molar-refractivity contribution in [3.8, 4) is 62.9 Å². The van der Waals surface area contributed by atoms with E-state index in [9.17, 15) is 5.26 Å². The average molecular weight is 701 g/mol.